The highest BCUT2D eigenvalue weighted by Crippen LogP contribution is 2.22. The van der Waals surface area contributed by atoms with E-state index < -0.39 is 0 Å². The van der Waals surface area contributed by atoms with Crippen molar-refractivity contribution in [2.45, 2.75) is 6.42 Å². The van der Waals surface area contributed by atoms with Gasteiger partial charge in [-0.05, 0) is 30.7 Å². The Morgan fingerprint density at radius 3 is 2.67 bits per heavy atom. The highest BCUT2D eigenvalue weighted by atomic mass is 19.1. The Morgan fingerprint density at radius 2 is 1.93 bits per heavy atom. The molecule has 0 saturated carbocycles. The molecule has 1 fully saturated rings. The van der Waals surface area contributed by atoms with Crippen LogP contribution in [0.15, 0.2) is 42.6 Å². The van der Waals surface area contributed by atoms with Crippen molar-refractivity contribution in [2.24, 2.45) is 0 Å². The first-order valence-electron chi connectivity index (χ1n) is 9.16. The number of para-hydroxylation sites is 1. The Hall–Kier alpha value is -2.67. The highest BCUT2D eigenvalue weighted by molar-refractivity contribution is 5.94. The molecule has 3 rings (SSSR count). The van der Waals surface area contributed by atoms with Crippen LogP contribution in [0.25, 0.3) is 0 Å². The first kappa shape index (κ1) is 19.1. The van der Waals surface area contributed by atoms with E-state index in [0.29, 0.717) is 37.5 Å². The summed E-state index contributed by atoms with van der Waals surface area (Å²) in [5, 5.41) is 2.88. The van der Waals surface area contributed by atoms with Crippen LogP contribution in [-0.4, -0.2) is 57.3 Å². The fourth-order valence-electron chi connectivity index (χ4n) is 3.14. The normalized spacial score (nSPS) is 14.3. The largest absolute Gasteiger partial charge is 0.385 e. The van der Waals surface area contributed by atoms with E-state index in [2.05, 4.69) is 15.2 Å². The third-order valence-corrected chi connectivity index (χ3v) is 4.62. The van der Waals surface area contributed by atoms with Crippen molar-refractivity contribution in [3.8, 4) is 0 Å². The fourth-order valence-corrected chi connectivity index (χ4v) is 3.14. The summed E-state index contributed by atoms with van der Waals surface area (Å²) in [4.78, 5) is 20.8. The smallest absolute Gasteiger partial charge is 0.251 e. The molecule has 1 saturated heterocycles. The molecule has 0 spiro atoms. The second-order valence-corrected chi connectivity index (χ2v) is 6.43. The monoisotopic (exact) mass is 372 g/mol. The molecule has 144 valence electrons. The summed E-state index contributed by atoms with van der Waals surface area (Å²) in [6.45, 7) is 4.05. The van der Waals surface area contributed by atoms with Gasteiger partial charge in [0.1, 0.15) is 11.6 Å². The zero-order valence-electron chi connectivity index (χ0n) is 15.5. The topological polar surface area (TPSA) is 57.7 Å². The van der Waals surface area contributed by atoms with E-state index in [9.17, 15) is 9.18 Å². The second-order valence-electron chi connectivity index (χ2n) is 6.43. The molecule has 1 amide bonds. The van der Waals surface area contributed by atoms with Gasteiger partial charge in [-0.3, -0.25) is 4.79 Å². The zero-order chi connectivity index (χ0) is 19.1. The number of nitrogens with one attached hydrogen (secondary N) is 1. The highest BCUT2D eigenvalue weighted by Gasteiger charge is 2.20. The maximum absolute atomic E-state index is 14.0. The molecule has 1 aromatic heterocycles. The van der Waals surface area contributed by atoms with Crippen LogP contribution in [0.1, 0.15) is 16.8 Å². The van der Waals surface area contributed by atoms with Crippen molar-refractivity contribution in [2.75, 3.05) is 56.2 Å². The van der Waals surface area contributed by atoms with Crippen molar-refractivity contribution < 1.29 is 13.9 Å². The number of benzene rings is 1. The molecule has 0 bridgehead atoms. The Bertz CT molecular complexity index is 763. The molecule has 0 unspecified atom stereocenters. The fraction of sp³-hybridized carbons (Fsp3) is 0.400. The number of hydrogen-bond donors (Lipinski definition) is 1. The minimum absolute atomic E-state index is 0.111. The number of pyridine rings is 1. The second kappa shape index (κ2) is 9.32. The van der Waals surface area contributed by atoms with Crippen molar-refractivity contribution in [1.82, 2.24) is 10.3 Å². The first-order chi connectivity index (χ1) is 13.2. The maximum atomic E-state index is 14.0. The standard InChI is InChI=1S/C20H25FN4O2/c1-27-14-4-8-23-20(26)16-7-9-22-19(15-16)25-12-10-24(11-13-25)18-6-3-2-5-17(18)21/h2-3,5-7,9,15H,4,8,10-14H2,1H3,(H,23,26). The van der Waals surface area contributed by atoms with Gasteiger partial charge in [0.25, 0.3) is 5.91 Å². The van der Waals surface area contributed by atoms with Gasteiger partial charge in [-0.25, -0.2) is 9.37 Å². The van der Waals surface area contributed by atoms with Crippen LogP contribution in [0, 0.1) is 5.82 Å². The predicted molar refractivity (Wildman–Crippen MR) is 104 cm³/mol. The molecule has 0 atom stereocenters. The lowest BCUT2D eigenvalue weighted by Crippen LogP contribution is -2.47. The number of carbonyl (C=O) groups excluding carboxylic acids is 1. The summed E-state index contributed by atoms with van der Waals surface area (Å²) in [5.41, 5.74) is 1.23. The van der Waals surface area contributed by atoms with E-state index in [1.807, 2.05) is 17.0 Å². The molecule has 0 aliphatic carbocycles. The SMILES string of the molecule is COCCCNC(=O)c1ccnc(N2CCN(c3ccccc3F)CC2)c1. The molecule has 2 heterocycles. The van der Waals surface area contributed by atoms with Crippen molar-refractivity contribution in [3.05, 3.63) is 54.0 Å². The number of anilines is 2. The lowest BCUT2D eigenvalue weighted by atomic mass is 10.2. The van der Waals surface area contributed by atoms with E-state index in [1.165, 1.54) is 6.07 Å². The molecular formula is C20H25FN4O2. The van der Waals surface area contributed by atoms with Gasteiger partial charge in [-0.15, -0.1) is 0 Å². The third kappa shape index (κ3) is 4.95. The van der Waals surface area contributed by atoms with E-state index >= 15 is 0 Å². The van der Waals surface area contributed by atoms with Gasteiger partial charge in [0.2, 0.25) is 0 Å². The van der Waals surface area contributed by atoms with Crippen LogP contribution in [-0.2, 0) is 4.74 Å². The van der Waals surface area contributed by atoms with Crippen LogP contribution in [0.4, 0.5) is 15.9 Å². The number of hydrogen-bond acceptors (Lipinski definition) is 5. The summed E-state index contributed by atoms with van der Waals surface area (Å²) in [7, 11) is 1.64. The summed E-state index contributed by atoms with van der Waals surface area (Å²) in [6.07, 6.45) is 2.43. The molecule has 6 nitrogen and oxygen atoms in total. The van der Waals surface area contributed by atoms with E-state index in [0.717, 1.165) is 25.3 Å². The molecule has 1 N–H and O–H groups in total. The number of nitrogens with zero attached hydrogens (tertiary/aromatic N) is 3. The Kier molecular flexibility index (Phi) is 6.59. The summed E-state index contributed by atoms with van der Waals surface area (Å²) in [5.74, 6) is 0.462. The zero-order valence-corrected chi connectivity index (χ0v) is 15.5. The summed E-state index contributed by atoms with van der Waals surface area (Å²) >= 11 is 0. The molecule has 0 radical (unpaired) electrons. The number of halogens is 1. The van der Waals surface area contributed by atoms with Gasteiger partial charge in [0.05, 0.1) is 5.69 Å². The van der Waals surface area contributed by atoms with Crippen molar-refractivity contribution in [1.29, 1.82) is 0 Å². The van der Waals surface area contributed by atoms with Gasteiger partial charge >= 0.3 is 0 Å². The Labute approximate surface area is 158 Å². The van der Waals surface area contributed by atoms with Crippen LogP contribution in [0.2, 0.25) is 0 Å². The molecule has 27 heavy (non-hydrogen) atoms. The number of aromatic nitrogens is 1. The van der Waals surface area contributed by atoms with E-state index in [-0.39, 0.29) is 11.7 Å². The van der Waals surface area contributed by atoms with E-state index in [4.69, 9.17) is 4.74 Å². The Balaban J connectivity index is 1.58. The van der Waals surface area contributed by atoms with E-state index in [1.54, 1.807) is 31.5 Å². The van der Waals surface area contributed by atoms with Gasteiger partial charge in [0, 0.05) is 58.2 Å². The average Bonchev–Trinajstić information content (AvgIpc) is 2.72. The Morgan fingerprint density at radius 1 is 1.19 bits per heavy atom. The van der Waals surface area contributed by atoms with Crippen LogP contribution in [0.3, 0.4) is 0 Å². The molecule has 1 aliphatic heterocycles. The molecule has 2 aromatic rings. The van der Waals surface area contributed by atoms with Gasteiger partial charge < -0.3 is 19.9 Å². The lowest BCUT2D eigenvalue weighted by Gasteiger charge is -2.36. The molecular weight excluding hydrogens is 347 g/mol. The van der Waals surface area contributed by atoms with Gasteiger partial charge in [-0.2, -0.15) is 0 Å². The molecule has 7 heteroatoms. The van der Waals surface area contributed by atoms with Crippen LogP contribution >= 0.6 is 0 Å². The van der Waals surface area contributed by atoms with Crippen molar-refractivity contribution >= 4 is 17.4 Å². The third-order valence-electron chi connectivity index (χ3n) is 4.62. The lowest BCUT2D eigenvalue weighted by molar-refractivity contribution is 0.0948. The minimum Gasteiger partial charge on any atom is -0.385 e. The summed E-state index contributed by atoms with van der Waals surface area (Å²) in [6, 6.07) is 10.4. The average molecular weight is 372 g/mol. The minimum atomic E-state index is -0.198. The maximum Gasteiger partial charge on any atom is 0.251 e. The predicted octanol–water partition coefficient (Wildman–Crippen LogP) is 2.31. The number of amides is 1. The van der Waals surface area contributed by atoms with Gasteiger partial charge in [0.15, 0.2) is 0 Å². The quantitative estimate of drug-likeness (QED) is 0.756. The number of methoxy groups -OCH3 is 1. The van der Waals surface area contributed by atoms with Gasteiger partial charge in [-0.1, -0.05) is 12.1 Å². The number of rotatable bonds is 7. The van der Waals surface area contributed by atoms with Crippen LogP contribution < -0.4 is 15.1 Å². The van der Waals surface area contributed by atoms with Crippen molar-refractivity contribution in [3.63, 3.8) is 0 Å². The molecule has 1 aromatic carbocycles. The first-order valence-corrected chi connectivity index (χ1v) is 9.16. The summed E-state index contributed by atoms with van der Waals surface area (Å²) < 4.78 is 18.9. The number of ether oxygens (including phenoxy) is 1. The number of piperazine rings is 1. The van der Waals surface area contributed by atoms with Crippen LogP contribution in [0.5, 0.6) is 0 Å². The molecule has 1 aliphatic rings. The number of carbonyl (C=O) groups is 1.